The van der Waals surface area contributed by atoms with Crippen LogP contribution in [-0.2, 0) is 16.0 Å². The zero-order valence-corrected chi connectivity index (χ0v) is 11.4. The van der Waals surface area contributed by atoms with Gasteiger partial charge in [-0.05, 0) is 24.1 Å². The largest absolute Gasteiger partial charge is 0.456 e. The number of esters is 1. The second-order valence-electron chi connectivity index (χ2n) is 5.05. The number of carbonyl (C=O) groups excluding carboxylic acids is 1. The van der Waals surface area contributed by atoms with Crippen LogP contribution in [0.15, 0.2) is 54.6 Å². The van der Waals surface area contributed by atoms with Gasteiger partial charge in [-0.2, -0.15) is 0 Å². The number of anilines is 1. The second kappa shape index (κ2) is 5.37. The van der Waals surface area contributed by atoms with Crippen LogP contribution in [0.4, 0.5) is 5.69 Å². The fourth-order valence-electron chi connectivity index (χ4n) is 2.49. The molecule has 0 bridgehead atoms. The minimum Gasteiger partial charge on any atom is -0.456 e. The molecule has 0 aliphatic carbocycles. The molecule has 0 saturated carbocycles. The molecule has 0 saturated heterocycles. The van der Waals surface area contributed by atoms with E-state index in [0.29, 0.717) is 6.42 Å². The molecule has 20 heavy (non-hydrogen) atoms. The first-order valence-electron chi connectivity index (χ1n) is 6.84. The van der Waals surface area contributed by atoms with Gasteiger partial charge >= 0.3 is 5.97 Å². The van der Waals surface area contributed by atoms with Crippen LogP contribution in [0.25, 0.3) is 0 Å². The van der Waals surface area contributed by atoms with Crippen LogP contribution in [0, 0.1) is 0 Å². The summed E-state index contributed by atoms with van der Waals surface area (Å²) >= 11 is 0. The number of hydrogen-bond acceptors (Lipinski definition) is 3. The fraction of sp³-hybridized carbons (Fsp3) is 0.235. The molecule has 2 unspecified atom stereocenters. The number of benzene rings is 2. The molecule has 1 N–H and O–H groups in total. The third-order valence-electron chi connectivity index (χ3n) is 3.62. The zero-order chi connectivity index (χ0) is 13.9. The summed E-state index contributed by atoms with van der Waals surface area (Å²) in [5.74, 6) is -0.197. The van der Waals surface area contributed by atoms with Crippen LogP contribution in [0.3, 0.4) is 0 Å². The van der Waals surface area contributed by atoms with Crippen molar-refractivity contribution in [2.75, 3.05) is 5.32 Å². The van der Waals surface area contributed by atoms with E-state index in [9.17, 15) is 4.79 Å². The highest BCUT2D eigenvalue weighted by Gasteiger charge is 2.28. The van der Waals surface area contributed by atoms with Crippen molar-refractivity contribution in [1.29, 1.82) is 0 Å². The van der Waals surface area contributed by atoms with Crippen LogP contribution in [0.1, 0.15) is 24.2 Å². The van der Waals surface area contributed by atoms with E-state index < -0.39 is 0 Å². The lowest BCUT2D eigenvalue weighted by molar-refractivity contribution is -0.149. The number of fused-ring (bicyclic) bond motifs is 1. The van der Waals surface area contributed by atoms with E-state index >= 15 is 0 Å². The van der Waals surface area contributed by atoms with Gasteiger partial charge in [-0.1, -0.05) is 48.5 Å². The lowest BCUT2D eigenvalue weighted by Crippen LogP contribution is -2.29. The maximum Gasteiger partial charge on any atom is 0.329 e. The van der Waals surface area contributed by atoms with E-state index in [1.54, 1.807) is 0 Å². The number of ether oxygens (including phenoxy) is 1. The lowest BCUT2D eigenvalue weighted by atomic mass is 10.1. The molecule has 0 amide bonds. The van der Waals surface area contributed by atoms with Crippen LogP contribution in [-0.4, -0.2) is 12.0 Å². The van der Waals surface area contributed by atoms with Crippen LogP contribution in [0.5, 0.6) is 0 Å². The predicted molar refractivity (Wildman–Crippen MR) is 78.5 cm³/mol. The summed E-state index contributed by atoms with van der Waals surface area (Å²) in [5, 5.41) is 3.22. The Hall–Kier alpha value is -2.29. The fourth-order valence-corrected chi connectivity index (χ4v) is 2.49. The van der Waals surface area contributed by atoms with Gasteiger partial charge < -0.3 is 10.1 Å². The molecule has 3 rings (SSSR count). The van der Waals surface area contributed by atoms with E-state index in [1.807, 2.05) is 61.5 Å². The Bertz CT molecular complexity index is 584. The molecule has 0 spiro atoms. The summed E-state index contributed by atoms with van der Waals surface area (Å²) in [4.78, 5) is 12.2. The van der Waals surface area contributed by atoms with E-state index in [4.69, 9.17) is 4.74 Å². The van der Waals surface area contributed by atoms with Crippen molar-refractivity contribution in [2.45, 2.75) is 25.5 Å². The van der Waals surface area contributed by atoms with E-state index in [0.717, 1.165) is 11.3 Å². The Morgan fingerprint density at radius 2 is 1.85 bits per heavy atom. The molecule has 3 heteroatoms. The maximum atomic E-state index is 12.2. The van der Waals surface area contributed by atoms with Crippen molar-refractivity contribution in [2.24, 2.45) is 0 Å². The molecule has 2 aromatic rings. The normalized spacial score (nSPS) is 17.9. The molecule has 3 nitrogen and oxygen atoms in total. The highest BCUT2D eigenvalue weighted by Crippen LogP contribution is 2.27. The van der Waals surface area contributed by atoms with E-state index in [2.05, 4.69) is 5.32 Å². The topological polar surface area (TPSA) is 38.3 Å². The van der Waals surface area contributed by atoms with Crippen molar-refractivity contribution in [3.63, 3.8) is 0 Å². The SMILES string of the molecule is CC(OC(=O)C1Cc2ccccc2N1)c1ccccc1. The minimum atomic E-state index is -0.279. The van der Waals surface area contributed by atoms with Crippen LogP contribution >= 0.6 is 0 Å². The molecule has 2 aromatic carbocycles. The molecule has 1 aliphatic heterocycles. The Morgan fingerprint density at radius 3 is 2.60 bits per heavy atom. The standard InChI is InChI=1S/C17H17NO2/c1-12(13-7-3-2-4-8-13)20-17(19)16-11-14-9-5-6-10-15(14)18-16/h2-10,12,16,18H,11H2,1H3. The van der Waals surface area contributed by atoms with Crippen LogP contribution in [0.2, 0.25) is 0 Å². The summed E-state index contributed by atoms with van der Waals surface area (Å²) < 4.78 is 5.55. The lowest BCUT2D eigenvalue weighted by Gasteiger charge is -2.17. The predicted octanol–water partition coefficient (Wildman–Crippen LogP) is 3.33. The second-order valence-corrected chi connectivity index (χ2v) is 5.05. The van der Waals surface area contributed by atoms with Crippen molar-refractivity contribution in [3.05, 3.63) is 65.7 Å². The molecule has 1 heterocycles. The average Bonchev–Trinajstić information content (AvgIpc) is 2.92. The molecular weight excluding hydrogens is 250 g/mol. The van der Waals surface area contributed by atoms with E-state index in [1.165, 1.54) is 5.56 Å². The van der Waals surface area contributed by atoms with Crippen molar-refractivity contribution < 1.29 is 9.53 Å². The highest BCUT2D eigenvalue weighted by atomic mass is 16.5. The Kier molecular flexibility index (Phi) is 3.42. The number of hydrogen-bond donors (Lipinski definition) is 1. The summed E-state index contributed by atoms with van der Waals surface area (Å²) in [5.41, 5.74) is 3.21. The molecule has 0 fully saturated rings. The highest BCUT2D eigenvalue weighted by molar-refractivity contribution is 5.83. The van der Waals surface area contributed by atoms with Gasteiger partial charge in [0.05, 0.1) is 0 Å². The number of rotatable bonds is 3. The first-order chi connectivity index (χ1) is 9.74. The third-order valence-corrected chi connectivity index (χ3v) is 3.62. The summed E-state index contributed by atoms with van der Waals surface area (Å²) in [6.45, 7) is 1.90. The van der Waals surface area contributed by atoms with Crippen LogP contribution < -0.4 is 5.32 Å². The summed E-state index contributed by atoms with van der Waals surface area (Å²) in [7, 11) is 0. The minimum absolute atomic E-state index is 0.197. The number of para-hydroxylation sites is 1. The first kappa shape index (κ1) is 12.7. The van der Waals surface area contributed by atoms with E-state index in [-0.39, 0.29) is 18.1 Å². The number of carbonyl (C=O) groups is 1. The van der Waals surface area contributed by atoms with Gasteiger partial charge in [0.2, 0.25) is 0 Å². The van der Waals surface area contributed by atoms with Gasteiger partial charge in [0.15, 0.2) is 0 Å². The monoisotopic (exact) mass is 267 g/mol. The summed E-state index contributed by atoms with van der Waals surface area (Å²) in [6, 6.07) is 17.5. The molecule has 2 atom stereocenters. The molecule has 102 valence electrons. The van der Waals surface area contributed by atoms with Gasteiger partial charge in [0.1, 0.15) is 12.1 Å². The van der Waals surface area contributed by atoms with Gasteiger partial charge in [-0.3, -0.25) is 0 Å². The maximum absolute atomic E-state index is 12.2. The zero-order valence-electron chi connectivity index (χ0n) is 11.4. The Balaban J connectivity index is 1.64. The molecule has 0 aromatic heterocycles. The van der Waals surface area contributed by atoms with Crippen molar-refractivity contribution >= 4 is 11.7 Å². The molecule has 1 aliphatic rings. The smallest absolute Gasteiger partial charge is 0.329 e. The molecule has 0 radical (unpaired) electrons. The quantitative estimate of drug-likeness (QED) is 0.867. The first-order valence-corrected chi connectivity index (χ1v) is 6.84. The summed E-state index contributed by atoms with van der Waals surface area (Å²) in [6.07, 6.45) is 0.463. The van der Waals surface area contributed by atoms with Gasteiger partial charge in [0.25, 0.3) is 0 Å². The van der Waals surface area contributed by atoms with Gasteiger partial charge in [-0.15, -0.1) is 0 Å². The molecular formula is C17H17NO2. The van der Waals surface area contributed by atoms with Gasteiger partial charge in [0, 0.05) is 12.1 Å². The van der Waals surface area contributed by atoms with Crippen molar-refractivity contribution in [3.8, 4) is 0 Å². The van der Waals surface area contributed by atoms with Gasteiger partial charge in [-0.25, -0.2) is 4.79 Å². The third kappa shape index (κ3) is 2.52. The Labute approximate surface area is 118 Å². The number of nitrogens with one attached hydrogen (secondary N) is 1. The average molecular weight is 267 g/mol. The Morgan fingerprint density at radius 1 is 1.15 bits per heavy atom. The van der Waals surface area contributed by atoms with Crippen molar-refractivity contribution in [1.82, 2.24) is 0 Å².